The van der Waals surface area contributed by atoms with Gasteiger partial charge in [-0.2, -0.15) is 0 Å². The van der Waals surface area contributed by atoms with Gasteiger partial charge in [-0.15, -0.1) is 0 Å². The molecule has 0 radical (unpaired) electrons. The molecule has 196 valence electrons. The molecule has 0 saturated carbocycles. The molecule has 0 aromatic heterocycles. The maximum atomic E-state index is 13.1. The van der Waals surface area contributed by atoms with Gasteiger partial charge >= 0.3 is 12.0 Å². The lowest BCUT2D eigenvalue weighted by Gasteiger charge is -2.30. The monoisotopic (exact) mass is 535 g/mol. The Kier molecular flexibility index (Phi) is 7.76. The summed E-state index contributed by atoms with van der Waals surface area (Å²) in [5, 5.41) is 8.96. The van der Waals surface area contributed by atoms with Crippen LogP contribution in [0.5, 0.6) is 0 Å². The Morgan fingerprint density at radius 1 is 0.795 bits per heavy atom. The van der Waals surface area contributed by atoms with Crippen molar-refractivity contribution in [1.29, 1.82) is 0 Å². The molecular formula is C32H30N3O3P. The van der Waals surface area contributed by atoms with Gasteiger partial charge in [-0.1, -0.05) is 109 Å². The van der Waals surface area contributed by atoms with E-state index in [2.05, 4.69) is 47.0 Å². The van der Waals surface area contributed by atoms with Crippen LogP contribution in [0.25, 0.3) is 0 Å². The van der Waals surface area contributed by atoms with E-state index >= 15 is 0 Å². The van der Waals surface area contributed by atoms with Gasteiger partial charge in [0.2, 0.25) is 0 Å². The molecule has 1 heterocycles. The number of nitrogens with zero attached hydrogens (tertiary/aromatic N) is 1. The van der Waals surface area contributed by atoms with Gasteiger partial charge in [0.05, 0.1) is 31.0 Å². The Labute approximate surface area is 228 Å². The first kappa shape index (κ1) is 26.2. The topological polar surface area (TPSA) is 79.8 Å². The molecule has 6 nitrogen and oxygen atoms in total. The molecule has 7 heteroatoms. The van der Waals surface area contributed by atoms with Crippen LogP contribution in [-0.4, -0.2) is 18.6 Å². The summed E-state index contributed by atoms with van der Waals surface area (Å²) in [7, 11) is -2.58. The van der Waals surface area contributed by atoms with Crippen molar-refractivity contribution in [3.63, 3.8) is 0 Å². The SMILES string of the molecule is CCOC(=O)C1=C(C)NC(=O)NC1c1ccccc1N=P(c1ccccc1)(c1ccccc1)c1ccccc1. The Morgan fingerprint density at radius 2 is 1.28 bits per heavy atom. The number of ether oxygens (including phenoxy) is 1. The molecule has 39 heavy (non-hydrogen) atoms. The first-order chi connectivity index (χ1) is 19.0. The van der Waals surface area contributed by atoms with Crippen LogP contribution in [-0.2, 0) is 9.53 Å². The van der Waals surface area contributed by atoms with Crippen molar-refractivity contribution < 1.29 is 14.3 Å². The first-order valence-corrected chi connectivity index (χ1v) is 14.6. The molecule has 0 spiro atoms. The highest BCUT2D eigenvalue weighted by atomic mass is 31.2. The number of rotatable bonds is 7. The van der Waals surface area contributed by atoms with Crippen molar-refractivity contribution in [1.82, 2.24) is 10.6 Å². The summed E-state index contributed by atoms with van der Waals surface area (Å²) in [6.07, 6.45) is 0. The number of hydrogen-bond acceptors (Lipinski definition) is 4. The summed E-state index contributed by atoms with van der Waals surface area (Å²) in [6.45, 7) is 3.71. The predicted octanol–water partition coefficient (Wildman–Crippen LogP) is 5.69. The van der Waals surface area contributed by atoms with Crippen molar-refractivity contribution in [3.05, 3.63) is 132 Å². The van der Waals surface area contributed by atoms with Crippen LogP contribution in [0.4, 0.5) is 10.5 Å². The fourth-order valence-electron chi connectivity index (χ4n) is 4.94. The van der Waals surface area contributed by atoms with Gasteiger partial charge in [0.25, 0.3) is 0 Å². The van der Waals surface area contributed by atoms with Crippen molar-refractivity contribution in [2.45, 2.75) is 19.9 Å². The van der Waals surface area contributed by atoms with Gasteiger partial charge in [0, 0.05) is 27.2 Å². The minimum atomic E-state index is -2.58. The highest BCUT2D eigenvalue weighted by Gasteiger charge is 2.34. The number of hydrogen-bond donors (Lipinski definition) is 2. The Bertz CT molecular complexity index is 1460. The smallest absolute Gasteiger partial charge is 0.338 e. The van der Waals surface area contributed by atoms with Crippen molar-refractivity contribution in [3.8, 4) is 0 Å². The lowest BCUT2D eigenvalue weighted by Crippen LogP contribution is -2.45. The van der Waals surface area contributed by atoms with E-state index in [0.29, 0.717) is 17.0 Å². The number of allylic oxidation sites excluding steroid dienone is 1. The maximum Gasteiger partial charge on any atom is 0.338 e. The van der Waals surface area contributed by atoms with Gasteiger partial charge in [-0.05, 0) is 19.9 Å². The lowest BCUT2D eigenvalue weighted by molar-refractivity contribution is -0.139. The zero-order valence-electron chi connectivity index (χ0n) is 21.9. The molecule has 2 N–H and O–H groups in total. The van der Waals surface area contributed by atoms with E-state index in [1.165, 1.54) is 0 Å². The largest absolute Gasteiger partial charge is 0.463 e. The second kappa shape index (κ2) is 11.5. The van der Waals surface area contributed by atoms with Crippen LogP contribution < -0.4 is 26.5 Å². The third kappa shape index (κ3) is 5.16. The summed E-state index contributed by atoms with van der Waals surface area (Å²) >= 11 is 0. The van der Waals surface area contributed by atoms with E-state index in [9.17, 15) is 9.59 Å². The number of benzene rings is 4. The minimum absolute atomic E-state index is 0.229. The summed E-state index contributed by atoms with van der Waals surface area (Å²) in [5.74, 6) is -0.474. The molecular weight excluding hydrogens is 505 g/mol. The molecule has 0 aliphatic carbocycles. The van der Waals surface area contributed by atoms with E-state index in [0.717, 1.165) is 21.5 Å². The van der Waals surface area contributed by atoms with Crippen LogP contribution in [0.3, 0.4) is 0 Å². The fourth-order valence-corrected chi connectivity index (χ4v) is 8.50. The molecule has 0 fully saturated rings. The standard InChI is InChI=1S/C32H30N3O3P/c1-3-38-31(36)29-23(2)33-32(37)34-30(29)27-21-13-14-22-28(27)35-39(24-15-7-4-8-16-24,25-17-9-5-10-18-25)26-19-11-6-12-20-26/h4-22,30H,3H2,1-2H3,(H2,33,34,37). The highest BCUT2D eigenvalue weighted by molar-refractivity contribution is 7.87. The minimum Gasteiger partial charge on any atom is -0.463 e. The third-order valence-electron chi connectivity index (χ3n) is 6.66. The van der Waals surface area contributed by atoms with E-state index in [1.54, 1.807) is 13.8 Å². The summed E-state index contributed by atoms with van der Waals surface area (Å²) in [6, 6.07) is 37.6. The van der Waals surface area contributed by atoms with Gasteiger partial charge in [0.15, 0.2) is 0 Å². The zero-order valence-corrected chi connectivity index (χ0v) is 22.8. The second-order valence-electron chi connectivity index (χ2n) is 9.09. The molecule has 1 aliphatic heterocycles. The van der Waals surface area contributed by atoms with Gasteiger partial charge < -0.3 is 15.4 Å². The highest BCUT2D eigenvalue weighted by Crippen LogP contribution is 2.50. The van der Waals surface area contributed by atoms with Crippen LogP contribution >= 0.6 is 7.05 Å². The van der Waals surface area contributed by atoms with Crippen LogP contribution in [0.2, 0.25) is 0 Å². The molecule has 0 bridgehead atoms. The molecule has 5 rings (SSSR count). The summed E-state index contributed by atoms with van der Waals surface area (Å²) < 4.78 is 11.0. The molecule has 1 unspecified atom stereocenters. The molecule has 0 saturated heterocycles. The van der Waals surface area contributed by atoms with Crippen LogP contribution in [0.15, 0.2) is 131 Å². The van der Waals surface area contributed by atoms with E-state index < -0.39 is 19.1 Å². The quantitative estimate of drug-likeness (QED) is 0.236. The third-order valence-corrected chi connectivity index (χ3v) is 10.3. The second-order valence-corrected chi connectivity index (χ2v) is 12.1. The number of amides is 2. The number of carbonyl (C=O) groups is 2. The molecule has 4 aromatic carbocycles. The van der Waals surface area contributed by atoms with Gasteiger partial charge in [0.1, 0.15) is 0 Å². The van der Waals surface area contributed by atoms with Crippen molar-refractivity contribution in [2.24, 2.45) is 4.74 Å². The lowest BCUT2D eigenvalue weighted by atomic mass is 9.94. The number of esters is 1. The number of nitrogens with one attached hydrogen (secondary N) is 2. The van der Waals surface area contributed by atoms with Gasteiger partial charge in [-0.25, -0.2) is 9.59 Å². The Hall–Kier alpha value is -4.41. The average Bonchev–Trinajstić information content (AvgIpc) is 2.97. The normalized spacial score (nSPS) is 15.2. The molecule has 2 amide bonds. The summed E-state index contributed by atoms with van der Waals surface area (Å²) in [4.78, 5) is 25.7. The number of urea groups is 1. The van der Waals surface area contributed by atoms with Crippen LogP contribution in [0.1, 0.15) is 25.5 Å². The molecule has 1 atom stereocenters. The van der Waals surface area contributed by atoms with E-state index in [-0.39, 0.29) is 12.6 Å². The van der Waals surface area contributed by atoms with Crippen LogP contribution in [0, 0.1) is 0 Å². The van der Waals surface area contributed by atoms with E-state index in [4.69, 9.17) is 9.48 Å². The maximum absolute atomic E-state index is 13.1. The Morgan fingerprint density at radius 3 is 1.79 bits per heavy atom. The van der Waals surface area contributed by atoms with Gasteiger partial charge in [-0.3, -0.25) is 4.74 Å². The van der Waals surface area contributed by atoms with Crippen molar-refractivity contribution >= 4 is 40.7 Å². The molecule has 4 aromatic rings. The summed E-state index contributed by atoms with van der Waals surface area (Å²) in [5.41, 5.74) is 2.25. The van der Waals surface area contributed by atoms with Crippen molar-refractivity contribution in [2.75, 3.05) is 6.61 Å². The first-order valence-electron chi connectivity index (χ1n) is 12.9. The zero-order chi connectivity index (χ0) is 27.2. The number of carbonyl (C=O) groups excluding carboxylic acids is 2. The van der Waals surface area contributed by atoms with E-state index in [1.807, 2.05) is 78.9 Å². The predicted molar refractivity (Wildman–Crippen MR) is 157 cm³/mol. The fraction of sp³-hybridized carbons (Fsp3) is 0.125. The Balaban J connectivity index is 1.83. The molecule has 1 aliphatic rings. The average molecular weight is 536 g/mol.